The number of fused-ring (bicyclic) bond motifs is 1. The number of anilines is 1. The lowest BCUT2D eigenvalue weighted by Gasteiger charge is -2.20. The Kier molecular flexibility index (Phi) is 6.60. The normalized spacial score (nSPS) is 11.8. The zero-order valence-electron chi connectivity index (χ0n) is 18.7. The number of hydrogen-bond donors (Lipinski definition) is 1. The Morgan fingerprint density at radius 2 is 1.73 bits per heavy atom. The molecule has 3 aromatic carbocycles. The molecule has 0 aliphatic heterocycles. The van der Waals surface area contributed by atoms with Crippen LogP contribution in [0.4, 0.5) is 5.13 Å². The van der Waals surface area contributed by atoms with Gasteiger partial charge in [0.2, 0.25) is 10.0 Å². The largest absolute Gasteiger partial charge is 0.298 e. The van der Waals surface area contributed by atoms with E-state index in [4.69, 9.17) is 0 Å². The molecular formula is C25H25N3O3S2. The van der Waals surface area contributed by atoms with E-state index in [2.05, 4.69) is 16.4 Å². The third-order valence-corrected chi connectivity index (χ3v) is 8.21. The predicted octanol–water partition coefficient (Wildman–Crippen LogP) is 5.38. The molecule has 4 aromatic rings. The van der Waals surface area contributed by atoms with Gasteiger partial charge in [-0.15, -0.1) is 0 Å². The quantitative estimate of drug-likeness (QED) is 0.386. The number of benzene rings is 3. The number of hydrogen-bond acceptors (Lipinski definition) is 5. The Morgan fingerprint density at radius 1 is 1.03 bits per heavy atom. The zero-order chi connectivity index (χ0) is 23.6. The van der Waals surface area contributed by atoms with Crippen LogP contribution in [0.25, 0.3) is 10.2 Å². The van der Waals surface area contributed by atoms with Crippen molar-refractivity contribution in [3.63, 3.8) is 0 Å². The molecule has 0 bridgehead atoms. The average molecular weight is 480 g/mol. The van der Waals surface area contributed by atoms with Gasteiger partial charge in [-0.3, -0.25) is 10.1 Å². The predicted molar refractivity (Wildman–Crippen MR) is 133 cm³/mol. The van der Waals surface area contributed by atoms with Gasteiger partial charge in [-0.25, -0.2) is 13.4 Å². The van der Waals surface area contributed by atoms with Crippen molar-refractivity contribution >= 4 is 42.6 Å². The number of nitrogens with zero attached hydrogens (tertiary/aromatic N) is 2. The summed E-state index contributed by atoms with van der Waals surface area (Å²) in [4.78, 5) is 17.4. The maximum Gasteiger partial charge on any atom is 0.257 e. The van der Waals surface area contributed by atoms with Gasteiger partial charge in [-0.1, -0.05) is 54.7 Å². The number of nitrogens with one attached hydrogen (secondary N) is 1. The van der Waals surface area contributed by atoms with Crippen LogP contribution < -0.4 is 5.32 Å². The van der Waals surface area contributed by atoms with Crippen LogP contribution in [0, 0.1) is 13.8 Å². The maximum absolute atomic E-state index is 13.1. The van der Waals surface area contributed by atoms with E-state index in [0.29, 0.717) is 23.8 Å². The third-order valence-electron chi connectivity index (χ3n) is 5.36. The highest BCUT2D eigenvalue weighted by atomic mass is 32.2. The fourth-order valence-electron chi connectivity index (χ4n) is 3.67. The van der Waals surface area contributed by atoms with Gasteiger partial charge in [0.15, 0.2) is 5.13 Å². The zero-order valence-corrected chi connectivity index (χ0v) is 20.3. The Bertz CT molecular complexity index is 1400. The summed E-state index contributed by atoms with van der Waals surface area (Å²) in [5.41, 5.74) is 4.37. The van der Waals surface area contributed by atoms with Crippen LogP contribution in [0.15, 0.2) is 71.6 Å². The first-order valence-corrected chi connectivity index (χ1v) is 12.9. The molecule has 0 spiro atoms. The molecule has 0 saturated carbocycles. The van der Waals surface area contributed by atoms with Crippen molar-refractivity contribution in [1.29, 1.82) is 0 Å². The number of rotatable bonds is 7. The first-order chi connectivity index (χ1) is 15.8. The lowest BCUT2D eigenvalue weighted by molar-refractivity contribution is 0.102. The number of carbonyl (C=O) groups excluding carboxylic acids is 1. The molecule has 8 heteroatoms. The van der Waals surface area contributed by atoms with Crippen LogP contribution in [0.2, 0.25) is 0 Å². The minimum Gasteiger partial charge on any atom is -0.298 e. The van der Waals surface area contributed by atoms with Gasteiger partial charge in [0.1, 0.15) is 0 Å². The van der Waals surface area contributed by atoms with Crippen molar-refractivity contribution in [3.05, 3.63) is 89.0 Å². The molecule has 0 radical (unpaired) electrons. The molecule has 0 atom stereocenters. The van der Waals surface area contributed by atoms with E-state index in [-0.39, 0.29) is 10.8 Å². The fourth-order valence-corrected chi connectivity index (χ4v) is 6.15. The van der Waals surface area contributed by atoms with Gasteiger partial charge in [0, 0.05) is 18.7 Å². The van der Waals surface area contributed by atoms with Gasteiger partial charge in [-0.05, 0) is 60.9 Å². The highest BCUT2D eigenvalue weighted by Crippen LogP contribution is 2.29. The molecule has 4 rings (SSSR count). The van der Waals surface area contributed by atoms with Gasteiger partial charge in [-0.2, -0.15) is 4.31 Å². The number of carbonyl (C=O) groups is 1. The minimum absolute atomic E-state index is 0.155. The summed E-state index contributed by atoms with van der Waals surface area (Å²) in [6.45, 7) is 6.47. The van der Waals surface area contributed by atoms with Crippen LogP contribution in [-0.4, -0.2) is 30.2 Å². The molecule has 0 saturated heterocycles. The van der Waals surface area contributed by atoms with Crippen LogP contribution in [-0.2, 0) is 16.6 Å². The van der Waals surface area contributed by atoms with Gasteiger partial charge >= 0.3 is 0 Å². The topological polar surface area (TPSA) is 79.4 Å². The van der Waals surface area contributed by atoms with E-state index in [1.54, 1.807) is 0 Å². The molecular weight excluding hydrogens is 454 g/mol. The summed E-state index contributed by atoms with van der Waals surface area (Å²) in [7, 11) is -3.69. The van der Waals surface area contributed by atoms with E-state index in [1.807, 2.05) is 57.2 Å². The molecule has 170 valence electrons. The first-order valence-electron chi connectivity index (χ1n) is 10.6. The van der Waals surface area contributed by atoms with Crippen LogP contribution in [0.1, 0.15) is 34.0 Å². The molecule has 1 heterocycles. The molecule has 0 aliphatic rings. The number of thiazole rings is 1. The summed E-state index contributed by atoms with van der Waals surface area (Å²) in [5.74, 6) is -0.330. The first kappa shape index (κ1) is 23.1. The molecule has 1 N–H and O–H groups in total. The second-order valence-electron chi connectivity index (χ2n) is 7.84. The van der Waals surface area contributed by atoms with Crippen molar-refractivity contribution in [3.8, 4) is 0 Å². The van der Waals surface area contributed by atoms with Gasteiger partial charge in [0.25, 0.3) is 5.91 Å². The average Bonchev–Trinajstić information content (AvgIpc) is 3.20. The molecule has 0 aliphatic carbocycles. The smallest absolute Gasteiger partial charge is 0.257 e. The van der Waals surface area contributed by atoms with Crippen LogP contribution in [0.5, 0.6) is 0 Å². The highest BCUT2D eigenvalue weighted by Gasteiger charge is 2.23. The monoisotopic (exact) mass is 479 g/mol. The molecule has 1 amide bonds. The van der Waals surface area contributed by atoms with E-state index < -0.39 is 10.0 Å². The van der Waals surface area contributed by atoms with Gasteiger partial charge in [0.05, 0.1) is 15.1 Å². The van der Waals surface area contributed by atoms with Crippen LogP contribution in [0.3, 0.4) is 0 Å². The second-order valence-corrected chi connectivity index (χ2v) is 10.8. The van der Waals surface area contributed by atoms with Crippen molar-refractivity contribution < 1.29 is 13.2 Å². The van der Waals surface area contributed by atoms with E-state index in [9.17, 15) is 13.2 Å². The summed E-state index contributed by atoms with van der Waals surface area (Å²) in [5, 5.41) is 3.34. The van der Waals surface area contributed by atoms with Crippen molar-refractivity contribution in [2.75, 3.05) is 11.9 Å². The molecule has 0 fully saturated rings. The molecule has 1 aromatic heterocycles. The SMILES string of the molecule is CCN(Cc1ccccc1)S(=O)(=O)c1ccc(C(=O)Nc2nc3c(C)cc(C)cc3s2)cc1. The number of sulfonamides is 1. The fraction of sp³-hybridized carbons (Fsp3) is 0.200. The van der Waals surface area contributed by atoms with Crippen molar-refractivity contribution in [2.24, 2.45) is 0 Å². The molecule has 0 unspecified atom stereocenters. The van der Waals surface area contributed by atoms with Crippen molar-refractivity contribution in [1.82, 2.24) is 9.29 Å². The Morgan fingerprint density at radius 3 is 2.39 bits per heavy atom. The lowest BCUT2D eigenvalue weighted by atomic mass is 10.1. The summed E-state index contributed by atoms with van der Waals surface area (Å²) < 4.78 is 28.7. The standard InChI is InChI=1S/C25H25N3O3S2/c1-4-28(16-19-8-6-5-7-9-19)33(30,31)21-12-10-20(11-13-21)24(29)27-25-26-23-18(3)14-17(2)15-22(23)32-25/h5-15H,4,16H2,1-3H3,(H,26,27,29). The Labute approximate surface area is 198 Å². The summed E-state index contributed by atoms with van der Waals surface area (Å²) in [6.07, 6.45) is 0. The lowest BCUT2D eigenvalue weighted by Crippen LogP contribution is -2.30. The number of amides is 1. The van der Waals surface area contributed by atoms with E-state index >= 15 is 0 Å². The van der Waals surface area contributed by atoms with Crippen LogP contribution >= 0.6 is 11.3 Å². The molecule has 6 nitrogen and oxygen atoms in total. The van der Waals surface area contributed by atoms with Gasteiger partial charge < -0.3 is 0 Å². The Hall–Kier alpha value is -3.07. The maximum atomic E-state index is 13.1. The summed E-state index contributed by atoms with van der Waals surface area (Å²) >= 11 is 1.42. The number of aryl methyl sites for hydroxylation is 2. The highest BCUT2D eigenvalue weighted by molar-refractivity contribution is 7.89. The number of aromatic nitrogens is 1. The summed E-state index contributed by atoms with van der Waals surface area (Å²) in [6, 6.07) is 19.6. The minimum atomic E-state index is -3.69. The molecule has 33 heavy (non-hydrogen) atoms. The van der Waals surface area contributed by atoms with Crippen molar-refractivity contribution in [2.45, 2.75) is 32.2 Å². The third kappa shape index (κ3) is 4.98. The van der Waals surface area contributed by atoms with E-state index in [1.165, 1.54) is 39.9 Å². The van der Waals surface area contributed by atoms with E-state index in [0.717, 1.165) is 26.9 Å². The Balaban J connectivity index is 1.51. The second kappa shape index (κ2) is 9.43.